The van der Waals surface area contributed by atoms with Crippen LogP contribution in [0.25, 0.3) is 0 Å². The van der Waals surface area contributed by atoms with Crippen molar-refractivity contribution in [3.05, 3.63) is 24.9 Å². The number of aromatic nitrogens is 5. The summed E-state index contributed by atoms with van der Waals surface area (Å²) in [5, 5.41) is 3.98. The fraction of sp³-hybridized carbons (Fsp3) is 0.562. The van der Waals surface area contributed by atoms with Gasteiger partial charge in [0, 0.05) is 45.5 Å². The van der Waals surface area contributed by atoms with Crippen molar-refractivity contribution in [3.8, 4) is 0 Å². The number of carbonyl (C=O) groups is 1. The minimum atomic E-state index is 0.0619. The molecule has 2 aromatic rings. The Kier molecular flexibility index (Phi) is 4.91. The minimum absolute atomic E-state index is 0.0619. The smallest absolute Gasteiger partial charge is 0.244 e. The van der Waals surface area contributed by atoms with Gasteiger partial charge >= 0.3 is 0 Å². The van der Waals surface area contributed by atoms with E-state index < -0.39 is 0 Å². The van der Waals surface area contributed by atoms with E-state index in [2.05, 4.69) is 24.9 Å². The Morgan fingerprint density at radius 3 is 2.62 bits per heavy atom. The molecule has 2 saturated heterocycles. The number of carbonyl (C=O) groups excluding carboxylic acids is 1. The lowest BCUT2D eigenvalue weighted by Crippen LogP contribution is -2.50. The van der Waals surface area contributed by atoms with Crippen molar-refractivity contribution in [2.75, 3.05) is 62.3 Å². The zero-order chi connectivity index (χ0) is 17.8. The second kappa shape index (κ2) is 7.65. The van der Waals surface area contributed by atoms with Gasteiger partial charge in [0.05, 0.1) is 13.2 Å². The third-order valence-corrected chi connectivity index (χ3v) is 4.64. The number of morpholine rings is 1. The predicted molar refractivity (Wildman–Crippen MR) is 93.9 cm³/mol. The average Bonchev–Trinajstić information content (AvgIpc) is 3.22. The highest BCUT2D eigenvalue weighted by molar-refractivity contribution is 5.76. The number of hydrogen-bond acceptors (Lipinski definition) is 8. The van der Waals surface area contributed by atoms with Crippen LogP contribution in [0, 0.1) is 0 Å². The SMILES string of the molecule is O=C(Cn1cncn1)N1CCN(c2ccnc(N3CCOCC3)n2)CC1. The predicted octanol–water partition coefficient (Wildman–Crippen LogP) is -0.746. The fourth-order valence-electron chi connectivity index (χ4n) is 3.17. The van der Waals surface area contributed by atoms with Gasteiger partial charge in [0.25, 0.3) is 0 Å². The summed E-state index contributed by atoms with van der Waals surface area (Å²) >= 11 is 0. The van der Waals surface area contributed by atoms with Crippen molar-refractivity contribution >= 4 is 17.7 Å². The number of piperazine rings is 1. The van der Waals surface area contributed by atoms with Crippen molar-refractivity contribution in [2.45, 2.75) is 6.54 Å². The quantitative estimate of drug-likeness (QED) is 0.705. The van der Waals surface area contributed by atoms with Crippen molar-refractivity contribution in [1.29, 1.82) is 0 Å². The minimum Gasteiger partial charge on any atom is -0.378 e. The Labute approximate surface area is 151 Å². The number of ether oxygens (including phenoxy) is 1. The molecular formula is C16H22N8O2. The molecule has 10 nitrogen and oxygen atoms in total. The second-order valence-electron chi connectivity index (χ2n) is 6.28. The lowest BCUT2D eigenvalue weighted by molar-refractivity contribution is -0.132. The molecule has 0 spiro atoms. The summed E-state index contributed by atoms with van der Waals surface area (Å²) in [7, 11) is 0. The van der Waals surface area contributed by atoms with E-state index in [0.29, 0.717) is 26.3 Å². The molecule has 2 aliphatic heterocycles. The first-order valence-electron chi connectivity index (χ1n) is 8.80. The van der Waals surface area contributed by atoms with E-state index in [4.69, 9.17) is 9.72 Å². The van der Waals surface area contributed by atoms with Crippen LogP contribution in [-0.4, -0.2) is 88.0 Å². The highest BCUT2D eigenvalue weighted by Crippen LogP contribution is 2.17. The lowest BCUT2D eigenvalue weighted by atomic mass is 10.3. The first-order valence-corrected chi connectivity index (χ1v) is 8.80. The topological polar surface area (TPSA) is 92.5 Å². The lowest BCUT2D eigenvalue weighted by Gasteiger charge is -2.36. The van der Waals surface area contributed by atoms with Gasteiger partial charge in [-0.1, -0.05) is 0 Å². The van der Waals surface area contributed by atoms with E-state index in [-0.39, 0.29) is 12.5 Å². The van der Waals surface area contributed by atoms with Gasteiger partial charge in [0.15, 0.2) is 0 Å². The molecule has 0 bridgehead atoms. The molecule has 1 amide bonds. The Balaban J connectivity index is 1.35. The van der Waals surface area contributed by atoms with Crippen LogP contribution in [0.2, 0.25) is 0 Å². The molecule has 10 heteroatoms. The van der Waals surface area contributed by atoms with Crippen LogP contribution in [0.3, 0.4) is 0 Å². The number of rotatable bonds is 4. The summed E-state index contributed by atoms with van der Waals surface area (Å²) in [4.78, 5) is 31.5. The molecule has 2 aliphatic rings. The van der Waals surface area contributed by atoms with Gasteiger partial charge in [-0.2, -0.15) is 10.1 Å². The standard InChI is InChI=1S/C16H22N8O2/c25-15(11-24-13-17-12-19-24)22-5-3-21(4-6-22)14-1-2-18-16(20-14)23-7-9-26-10-8-23/h1-2,12-13H,3-11H2. The first kappa shape index (κ1) is 16.7. The molecular weight excluding hydrogens is 336 g/mol. The van der Waals surface area contributed by atoms with E-state index in [1.807, 2.05) is 11.0 Å². The van der Waals surface area contributed by atoms with E-state index in [1.165, 1.54) is 6.33 Å². The Hall–Kier alpha value is -2.75. The molecule has 2 fully saturated rings. The second-order valence-corrected chi connectivity index (χ2v) is 6.28. The molecule has 2 aromatic heterocycles. The molecule has 0 aromatic carbocycles. The Morgan fingerprint density at radius 2 is 1.88 bits per heavy atom. The Morgan fingerprint density at radius 1 is 1.08 bits per heavy atom. The normalized spacial score (nSPS) is 18.2. The highest BCUT2D eigenvalue weighted by atomic mass is 16.5. The third kappa shape index (κ3) is 3.74. The number of anilines is 2. The molecule has 4 heterocycles. The summed E-state index contributed by atoms with van der Waals surface area (Å²) in [5.74, 6) is 1.71. The summed E-state index contributed by atoms with van der Waals surface area (Å²) in [6, 6.07) is 1.93. The van der Waals surface area contributed by atoms with Crippen LogP contribution in [0.5, 0.6) is 0 Å². The van der Waals surface area contributed by atoms with E-state index in [0.717, 1.165) is 37.9 Å². The maximum atomic E-state index is 12.3. The fourth-order valence-corrected chi connectivity index (χ4v) is 3.17. The van der Waals surface area contributed by atoms with Crippen LogP contribution < -0.4 is 9.80 Å². The van der Waals surface area contributed by atoms with Crippen LogP contribution in [-0.2, 0) is 16.1 Å². The van der Waals surface area contributed by atoms with Crippen LogP contribution >= 0.6 is 0 Å². The van der Waals surface area contributed by atoms with Crippen molar-refractivity contribution < 1.29 is 9.53 Å². The summed E-state index contributed by atoms with van der Waals surface area (Å²) < 4.78 is 6.93. The first-order chi connectivity index (χ1) is 12.8. The molecule has 0 saturated carbocycles. The third-order valence-electron chi connectivity index (χ3n) is 4.64. The molecule has 26 heavy (non-hydrogen) atoms. The molecule has 0 N–H and O–H groups in total. The van der Waals surface area contributed by atoms with Gasteiger partial charge in [-0.3, -0.25) is 4.79 Å². The molecule has 0 unspecified atom stereocenters. The van der Waals surface area contributed by atoms with Gasteiger partial charge in [0.2, 0.25) is 11.9 Å². The monoisotopic (exact) mass is 358 g/mol. The van der Waals surface area contributed by atoms with Crippen LogP contribution in [0.15, 0.2) is 24.9 Å². The molecule has 138 valence electrons. The van der Waals surface area contributed by atoms with Gasteiger partial charge in [-0.25, -0.2) is 14.6 Å². The van der Waals surface area contributed by atoms with E-state index in [1.54, 1.807) is 17.2 Å². The molecule has 0 atom stereocenters. The largest absolute Gasteiger partial charge is 0.378 e. The van der Waals surface area contributed by atoms with Gasteiger partial charge in [0.1, 0.15) is 25.0 Å². The van der Waals surface area contributed by atoms with Gasteiger partial charge in [-0.05, 0) is 6.07 Å². The van der Waals surface area contributed by atoms with Gasteiger partial charge in [-0.15, -0.1) is 0 Å². The average molecular weight is 358 g/mol. The molecule has 4 rings (SSSR count). The summed E-state index contributed by atoms with van der Waals surface area (Å²) in [5.41, 5.74) is 0. The van der Waals surface area contributed by atoms with Crippen LogP contribution in [0.4, 0.5) is 11.8 Å². The van der Waals surface area contributed by atoms with Crippen molar-refractivity contribution in [3.63, 3.8) is 0 Å². The van der Waals surface area contributed by atoms with Crippen molar-refractivity contribution in [2.24, 2.45) is 0 Å². The zero-order valence-corrected chi connectivity index (χ0v) is 14.6. The maximum absolute atomic E-state index is 12.3. The van der Waals surface area contributed by atoms with E-state index in [9.17, 15) is 4.79 Å². The molecule has 0 aliphatic carbocycles. The summed E-state index contributed by atoms with van der Waals surface area (Å²) in [6.45, 7) is 6.12. The summed E-state index contributed by atoms with van der Waals surface area (Å²) in [6.07, 6.45) is 4.80. The van der Waals surface area contributed by atoms with E-state index >= 15 is 0 Å². The number of amides is 1. The highest BCUT2D eigenvalue weighted by Gasteiger charge is 2.23. The van der Waals surface area contributed by atoms with Gasteiger partial charge < -0.3 is 19.4 Å². The van der Waals surface area contributed by atoms with Crippen LogP contribution in [0.1, 0.15) is 0 Å². The number of nitrogens with zero attached hydrogens (tertiary/aromatic N) is 8. The molecule has 0 radical (unpaired) electrons. The maximum Gasteiger partial charge on any atom is 0.244 e. The number of hydrogen-bond donors (Lipinski definition) is 0. The zero-order valence-electron chi connectivity index (χ0n) is 14.6. The van der Waals surface area contributed by atoms with Crippen molar-refractivity contribution in [1.82, 2.24) is 29.6 Å². The Bertz CT molecular complexity index is 724.